The molecule has 0 aliphatic heterocycles. The van der Waals surface area contributed by atoms with Crippen LogP contribution in [0.5, 0.6) is 0 Å². The molecule has 3 unspecified atom stereocenters. The van der Waals surface area contributed by atoms with E-state index < -0.39 is 0 Å². The Labute approximate surface area is 198 Å². The van der Waals surface area contributed by atoms with Crippen LogP contribution in [0.1, 0.15) is 119 Å². The quantitative estimate of drug-likeness (QED) is 0.448. The Hall–Kier alpha value is -0.0800. The van der Waals surface area contributed by atoms with Gasteiger partial charge < -0.3 is 10.2 Å². The van der Waals surface area contributed by atoms with E-state index in [4.69, 9.17) is 0 Å². The summed E-state index contributed by atoms with van der Waals surface area (Å²) in [7, 11) is 0. The monoisotopic (exact) mass is 444 g/mol. The molecular formula is C30H52O2. The summed E-state index contributed by atoms with van der Waals surface area (Å²) in [5, 5.41) is 21.6. The highest BCUT2D eigenvalue weighted by molar-refractivity contribution is 5.18. The van der Waals surface area contributed by atoms with Gasteiger partial charge in [0.05, 0.1) is 6.10 Å². The van der Waals surface area contributed by atoms with Crippen molar-refractivity contribution in [3.63, 3.8) is 0 Å². The molecule has 5 saturated carbocycles. The highest BCUT2D eigenvalue weighted by Crippen LogP contribution is 2.76. The van der Waals surface area contributed by atoms with Gasteiger partial charge in [0.1, 0.15) is 0 Å². The van der Waals surface area contributed by atoms with Crippen LogP contribution in [0.4, 0.5) is 0 Å². The first-order chi connectivity index (χ1) is 14.8. The summed E-state index contributed by atoms with van der Waals surface area (Å²) in [6.07, 6.45) is 13.8. The van der Waals surface area contributed by atoms with Gasteiger partial charge in [0.2, 0.25) is 0 Å². The highest BCUT2D eigenvalue weighted by atomic mass is 16.3. The van der Waals surface area contributed by atoms with E-state index in [-0.39, 0.29) is 16.9 Å². The largest absolute Gasteiger partial charge is 0.396 e. The summed E-state index contributed by atoms with van der Waals surface area (Å²) in [6.45, 7) is 18.1. The third-order valence-corrected chi connectivity index (χ3v) is 13.5. The Morgan fingerprint density at radius 1 is 0.594 bits per heavy atom. The molecule has 0 heterocycles. The van der Waals surface area contributed by atoms with Crippen molar-refractivity contribution in [2.24, 2.45) is 56.2 Å². The molecule has 0 bridgehead atoms. The Bertz CT molecular complexity index is 756. The first-order valence-corrected chi connectivity index (χ1v) is 14.0. The smallest absolute Gasteiger partial charge is 0.0594 e. The number of aliphatic hydroxyl groups excluding tert-OH is 2. The molecule has 9 atom stereocenters. The van der Waals surface area contributed by atoms with Crippen LogP contribution < -0.4 is 0 Å². The summed E-state index contributed by atoms with van der Waals surface area (Å²) in [4.78, 5) is 0. The van der Waals surface area contributed by atoms with E-state index >= 15 is 0 Å². The van der Waals surface area contributed by atoms with Crippen molar-refractivity contribution in [1.29, 1.82) is 0 Å². The maximum absolute atomic E-state index is 10.9. The zero-order valence-corrected chi connectivity index (χ0v) is 22.3. The van der Waals surface area contributed by atoms with Gasteiger partial charge in [-0.3, -0.25) is 0 Å². The fourth-order valence-corrected chi connectivity index (χ4v) is 11.7. The summed E-state index contributed by atoms with van der Waals surface area (Å²) < 4.78 is 0. The minimum absolute atomic E-state index is 0.0427. The highest BCUT2D eigenvalue weighted by Gasteiger charge is 2.69. The Morgan fingerprint density at radius 3 is 1.72 bits per heavy atom. The molecule has 5 aliphatic rings. The SMILES string of the molecule is CC1(C)CC[C@]2(CO)CCC3[C@]4(C)CCC5C(C)(C)[C@@H](O)CC[C@]5(C)C4CC[C@@]3(C)[C@@H]2C1. The van der Waals surface area contributed by atoms with Gasteiger partial charge in [0, 0.05) is 6.61 Å². The first kappa shape index (κ1) is 23.7. The van der Waals surface area contributed by atoms with Crippen LogP contribution in [-0.2, 0) is 0 Å². The Kier molecular flexibility index (Phi) is 5.17. The lowest BCUT2D eigenvalue weighted by atomic mass is 9.32. The second-order valence-corrected chi connectivity index (χ2v) is 15.6. The van der Waals surface area contributed by atoms with Crippen LogP contribution in [0.3, 0.4) is 0 Å². The zero-order valence-electron chi connectivity index (χ0n) is 22.3. The van der Waals surface area contributed by atoms with Gasteiger partial charge in [0.15, 0.2) is 0 Å². The van der Waals surface area contributed by atoms with Gasteiger partial charge in [-0.05, 0) is 127 Å². The molecule has 5 aliphatic carbocycles. The van der Waals surface area contributed by atoms with Crippen molar-refractivity contribution < 1.29 is 10.2 Å². The van der Waals surface area contributed by atoms with Crippen LogP contribution in [0.25, 0.3) is 0 Å². The van der Waals surface area contributed by atoms with Gasteiger partial charge in [-0.15, -0.1) is 0 Å². The second kappa shape index (κ2) is 6.99. The molecule has 32 heavy (non-hydrogen) atoms. The average Bonchev–Trinajstić information content (AvgIpc) is 2.71. The summed E-state index contributed by atoms with van der Waals surface area (Å²) in [5.74, 6) is 2.90. The van der Waals surface area contributed by atoms with E-state index in [9.17, 15) is 10.2 Å². The summed E-state index contributed by atoms with van der Waals surface area (Å²) in [6, 6.07) is 0. The molecule has 2 nitrogen and oxygen atoms in total. The topological polar surface area (TPSA) is 40.5 Å². The van der Waals surface area contributed by atoms with E-state index in [2.05, 4.69) is 48.5 Å². The predicted molar refractivity (Wildman–Crippen MR) is 132 cm³/mol. The third kappa shape index (κ3) is 2.90. The van der Waals surface area contributed by atoms with Gasteiger partial charge in [-0.25, -0.2) is 0 Å². The molecule has 184 valence electrons. The number of hydrogen-bond acceptors (Lipinski definition) is 2. The maximum Gasteiger partial charge on any atom is 0.0594 e. The molecule has 0 aromatic rings. The molecule has 5 rings (SSSR count). The average molecular weight is 445 g/mol. The number of hydrogen-bond donors (Lipinski definition) is 2. The predicted octanol–water partition coefficient (Wildman–Crippen LogP) is 7.22. The van der Waals surface area contributed by atoms with Crippen molar-refractivity contribution in [2.45, 2.75) is 125 Å². The Morgan fingerprint density at radius 2 is 1.09 bits per heavy atom. The van der Waals surface area contributed by atoms with Crippen LogP contribution in [0, 0.1) is 56.2 Å². The molecule has 2 N–H and O–H groups in total. The molecular weight excluding hydrogens is 392 g/mol. The van der Waals surface area contributed by atoms with Crippen LogP contribution >= 0.6 is 0 Å². The van der Waals surface area contributed by atoms with Crippen molar-refractivity contribution in [2.75, 3.05) is 6.61 Å². The Balaban J connectivity index is 1.52. The van der Waals surface area contributed by atoms with Crippen molar-refractivity contribution >= 4 is 0 Å². The van der Waals surface area contributed by atoms with Gasteiger partial charge in [-0.2, -0.15) is 0 Å². The lowest BCUT2D eigenvalue weighted by molar-refractivity contribution is -0.250. The molecule has 0 saturated heterocycles. The van der Waals surface area contributed by atoms with Crippen molar-refractivity contribution in [3.8, 4) is 0 Å². The second-order valence-electron chi connectivity index (χ2n) is 15.6. The van der Waals surface area contributed by atoms with Gasteiger partial charge in [-0.1, -0.05) is 48.5 Å². The molecule has 0 aromatic carbocycles. The molecule has 0 amide bonds. The fourth-order valence-electron chi connectivity index (χ4n) is 11.7. The number of aliphatic hydroxyl groups is 2. The van der Waals surface area contributed by atoms with Crippen LogP contribution in [0.2, 0.25) is 0 Å². The van der Waals surface area contributed by atoms with E-state index in [1.165, 1.54) is 64.2 Å². The molecule has 2 heteroatoms. The normalized spacial score (nSPS) is 56.3. The third-order valence-electron chi connectivity index (χ3n) is 13.5. The van der Waals surface area contributed by atoms with Gasteiger partial charge >= 0.3 is 0 Å². The summed E-state index contributed by atoms with van der Waals surface area (Å²) in [5.41, 5.74) is 1.80. The number of fused-ring (bicyclic) bond motifs is 7. The van der Waals surface area contributed by atoms with Crippen LogP contribution in [-0.4, -0.2) is 22.9 Å². The fraction of sp³-hybridized carbons (Fsp3) is 1.00. The van der Waals surface area contributed by atoms with E-state index in [1.54, 1.807) is 0 Å². The molecule has 0 aromatic heterocycles. The van der Waals surface area contributed by atoms with Crippen molar-refractivity contribution in [1.82, 2.24) is 0 Å². The maximum atomic E-state index is 10.9. The standard InChI is InChI=1S/C30H52O2/c1-25(2)16-17-30(19-31)15-10-22-28(6)12-8-20-26(3,4)24(32)11-14-27(20,5)21(28)9-13-29(22,7)23(30)18-25/h20-24,31-32H,8-19H2,1-7H3/t20?,21?,22?,23-,24-,27-,28+,29+,30-/m0/s1. The van der Waals surface area contributed by atoms with E-state index in [0.29, 0.717) is 40.1 Å². The minimum Gasteiger partial charge on any atom is -0.396 e. The zero-order chi connectivity index (χ0) is 23.4. The lowest BCUT2D eigenvalue weighted by Gasteiger charge is -2.73. The number of rotatable bonds is 1. The molecule has 0 radical (unpaired) electrons. The van der Waals surface area contributed by atoms with E-state index in [0.717, 1.165) is 18.3 Å². The summed E-state index contributed by atoms with van der Waals surface area (Å²) >= 11 is 0. The van der Waals surface area contributed by atoms with E-state index in [1.807, 2.05) is 0 Å². The molecule has 5 fully saturated rings. The van der Waals surface area contributed by atoms with Crippen LogP contribution in [0.15, 0.2) is 0 Å². The minimum atomic E-state index is -0.136. The van der Waals surface area contributed by atoms with Crippen molar-refractivity contribution in [3.05, 3.63) is 0 Å². The molecule has 0 spiro atoms. The lowest BCUT2D eigenvalue weighted by Crippen LogP contribution is -2.66. The van der Waals surface area contributed by atoms with Gasteiger partial charge in [0.25, 0.3) is 0 Å². The first-order valence-electron chi connectivity index (χ1n) is 14.0.